The number of hydrogen-bond acceptors (Lipinski definition) is 7. The zero-order valence-corrected chi connectivity index (χ0v) is 20.6. The van der Waals surface area contributed by atoms with Crippen molar-refractivity contribution in [1.29, 1.82) is 0 Å². The minimum atomic E-state index is -0.315. The van der Waals surface area contributed by atoms with Gasteiger partial charge in [-0.25, -0.2) is 4.98 Å². The lowest BCUT2D eigenvalue weighted by atomic mass is 9.74. The summed E-state index contributed by atoms with van der Waals surface area (Å²) in [5.74, 6) is 1.73. The first-order valence-electron chi connectivity index (χ1n) is 11.2. The largest absolute Gasteiger partial charge is 0.486 e. The normalized spacial score (nSPS) is 17.6. The summed E-state index contributed by atoms with van der Waals surface area (Å²) < 4.78 is 6.00. The minimum absolute atomic E-state index is 0.315. The molecule has 9 heteroatoms. The number of nitrogens with one attached hydrogen (secondary N) is 2. The van der Waals surface area contributed by atoms with Crippen molar-refractivity contribution in [2.24, 2.45) is 10.5 Å². The van der Waals surface area contributed by atoms with Gasteiger partial charge in [0.05, 0.1) is 21.4 Å². The highest BCUT2D eigenvalue weighted by atomic mass is 35.5. The number of aromatic nitrogens is 2. The van der Waals surface area contributed by atoms with Crippen LogP contribution >= 0.6 is 23.2 Å². The fraction of sp³-hybridized carbons (Fsp3) is 0.320. The third-order valence-corrected chi connectivity index (χ3v) is 6.96. The van der Waals surface area contributed by atoms with Gasteiger partial charge in [0.25, 0.3) is 0 Å². The Hall–Kier alpha value is -2.87. The van der Waals surface area contributed by atoms with E-state index in [0.717, 1.165) is 49.0 Å². The molecule has 7 nitrogen and oxygen atoms in total. The van der Waals surface area contributed by atoms with E-state index in [9.17, 15) is 0 Å². The van der Waals surface area contributed by atoms with Crippen LogP contribution in [0.1, 0.15) is 31.1 Å². The van der Waals surface area contributed by atoms with Crippen LogP contribution in [0.15, 0.2) is 60.1 Å². The standard InChI is InChI=1S/C25H26Cl2N6O/c1-16(18-3-8-23(30-9-18)33-14-25(15-33)12-29-13-25)31-32-19-4-6-20(7-5-19)34-17(2)24-21(26)10-28-11-22(24)27/h3-11,17,29,32H,12-15H2,1-2H3/b31-16+/t17-/m1/s1. The Labute approximate surface area is 209 Å². The van der Waals surface area contributed by atoms with Gasteiger partial charge in [-0.2, -0.15) is 5.10 Å². The Balaban J connectivity index is 1.16. The van der Waals surface area contributed by atoms with Crippen LogP contribution in [0.4, 0.5) is 11.5 Å². The van der Waals surface area contributed by atoms with Crippen LogP contribution in [0.3, 0.4) is 0 Å². The van der Waals surface area contributed by atoms with Crippen LogP contribution in [0, 0.1) is 5.41 Å². The van der Waals surface area contributed by atoms with Gasteiger partial charge in [0.15, 0.2) is 0 Å². The van der Waals surface area contributed by atoms with Crippen molar-refractivity contribution < 1.29 is 4.74 Å². The Morgan fingerprint density at radius 1 is 1.09 bits per heavy atom. The molecule has 2 N–H and O–H groups in total. The molecule has 2 aromatic heterocycles. The highest BCUT2D eigenvalue weighted by Crippen LogP contribution is 2.36. The zero-order valence-electron chi connectivity index (χ0n) is 19.1. The number of anilines is 2. The minimum Gasteiger partial charge on any atom is -0.486 e. The Morgan fingerprint density at radius 2 is 1.79 bits per heavy atom. The van der Waals surface area contributed by atoms with Gasteiger partial charge in [0.2, 0.25) is 0 Å². The molecule has 0 saturated carbocycles. The summed E-state index contributed by atoms with van der Waals surface area (Å²) in [6.45, 7) is 8.28. The lowest BCUT2D eigenvalue weighted by molar-refractivity contribution is 0.120. The highest BCUT2D eigenvalue weighted by molar-refractivity contribution is 6.35. The summed E-state index contributed by atoms with van der Waals surface area (Å²) in [5.41, 5.74) is 6.99. The molecule has 2 saturated heterocycles. The molecule has 1 atom stereocenters. The number of nitrogens with zero attached hydrogens (tertiary/aromatic N) is 4. The predicted octanol–water partition coefficient (Wildman–Crippen LogP) is 5.17. The van der Waals surface area contributed by atoms with Gasteiger partial charge in [-0.1, -0.05) is 23.2 Å². The molecule has 2 fully saturated rings. The maximum atomic E-state index is 6.23. The lowest BCUT2D eigenvalue weighted by Crippen LogP contribution is -2.71. The smallest absolute Gasteiger partial charge is 0.128 e. The quantitative estimate of drug-likeness (QED) is 0.347. The second kappa shape index (κ2) is 9.41. The van der Waals surface area contributed by atoms with Crippen molar-refractivity contribution in [3.63, 3.8) is 0 Å². The molecular formula is C25H26Cl2N6O. The predicted molar refractivity (Wildman–Crippen MR) is 137 cm³/mol. The Morgan fingerprint density at radius 3 is 2.38 bits per heavy atom. The van der Waals surface area contributed by atoms with Crippen LogP contribution in [-0.2, 0) is 0 Å². The molecule has 2 aliphatic rings. The first-order chi connectivity index (χ1) is 16.4. The van der Waals surface area contributed by atoms with E-state index in [-0.39, 0.29) is 6.10 Å². The number of halogens is 2. The number of rotatable bonds is 7. The summed E-state index contributed by atoms with van der Waals surface area (Å²) in [6.07, 6.45) is 4.69. The van der Waals surface area contributed by atoms with Gasteiger partial charge in [0.1, 0.15) is 17.7 Å². The second-order valence-corrected chi connectivity index (χ2v) is 9.79. The molecule has 3 aromatic rings. The Kier molecular flexibility index (Phi) is 6.34. The fourth-order valence-corrected chi connectivity index (χ4v) is 4.98. The SMILES string of the molecule is C/C(=N\Nc1ccc(O[C@H](C)c2c(Cl)cncc2Cl)cc1)c1ccc(N2CC3(CNC3)C2)nc1. The van der Waals surface area contributed by atoms with Gasteiger partial charge in [-0.3, -0.25) is 10.4 Å². The molecular weight excluding hydrogens is 471 g/mol. The van der Waals surface area contributed by atoms with Crippen molar-refractivity contribution in [2.45, 2.75) is 20.0 Å². The fourth-order valence-electron chi connectivity index (χ4n) is 4.31. The second-order valence-electron chi connectivity index (χ2n) is 8.97. The van der Waals surface area contributed by atoms with Gasteiger partial charge in [-0.15, -0.1) is 0 Å². The van der Waals surface area contributed by atoms with E-state index in [2.05, 4.69) is 42.8 Å². The van der Waals surface area contributed by atoms with Crippen LogP contribution in [0.2, 0.25) is 10.0 Å². The highest BCUT2D eigenvalue weighted by Gasteiger charge is 2.47. The number of benzene rings is 1. The molecule has 1 aromatic carbocycles. The number of hydrazone groups is 1. The average molecular weight is 497 g/mol. The first-order valence-corrected chi connectivity index (χ1v) is 12.0. The van der Waals surface area contributed by atoms with Crippen LogP contribution in [0.25, 0.3) is 0 Å². The number of hydrogen-bond donors (Lipinski definition) is 2. The molecule has 0 radical (unpaired) electrons. The zero-order chi connectivity index (χ0) is 23.7. The van der Waals surface area contributed by atoms with E-state index in [1.54, 1.807) is 12.4 Å². The van der Waals surface area contributed by atoms with Gasteiger partial charge < -0.3 is 15.0 Å². The van der Waals surface area contributed by atoms with Crippen molar-refractivity contribution in [3.8, 4) is 5.75 Å². The van der Waals surface area contributed by atoms with E-state index in [1.807, 2.05) is 44.3 Å². The van der Waals surface area contributed by atoms with Gasteiger partial charge in [-0.05, 0) is 50.2 Å². The Bertz CT molecular complexity index is 1170. The number of ether oxygens (including phenoxy) is 1. The molecule has 0 aliphatic carbocycles. The summed E-state index contributed by atoms with van der Waals surface area (Å²) >= 11 is 12.5. The first kappa shape index (κ1) is 22.9. The van der Waals surface area contributed by atoms with Crippen LogP contribution < -0.4 is 20.4 Å². The molecule has 176 valence electrons. The van der Waals surface area contributed by atoms with Crippen LogP contribution in [-0.4, -0.2) is 41.9 Å². The molecule has 4 heterocycles. The molecule has 34 heavy (non-hydrogen) atoms. The average Bonchev–Trinajstić information content (AvgIpc) is 2.77. The molecule has 0 amide bonds. The summed E-state index contributed by atoms with van der Waals surface area (Å²) in [5, 5.41) is 8.83. The molecule has 5 rings (SSSR count). The van der Waals surface area contributed by atoms with Crippen LogP contribution in [0.5, 0.6) is 5.75 Å². The van der Waals surface area contributed by atoms with Crippen molar-refractivity contribution in [3.05, 3.63) is 76.2 Å². The van der Waals surface area contributed by atoms with E-state index in [0.29, 0.717) is 26.8 Å². The summed E-state index contributed by atoms with van der Waals surface area (Å²) in [6, 6.07) is 11.7. The molecule has 0 bridgehead atoms. The third kappa shape index (κ3) is 4.69. The maximum Gasteiger partial charge on any atom is 0.128 e. The van der Waals surface area contributed by atoms with Crippen molar-refractivity contribution >= 4 is 40.4 Å². The molecule has 2 aliphatic heterocycles. The van der Waals surface area contributed by atoms with Gasteiger partial charge >= 0.3 is 0 Å². The van der Waals surface area contributed by atoms with E-state index >= 15 is 0 Å². The topological polar surface area (TPSA) is 74.7 Å². The number of pyridine rings is 2. The van der Waals surface area contributed by atoms with Crippen molar-refractivity contribution in [2.75, 3.05) is 36.5 Å². The summed E-state index contributed by atoms with van der Waals surface area (Å²) in [4.78, 5) is 10.9. The summed E-state index contributed by atoms with van der Waals surface area (Å²) in [7, 11) is 0. The van der Waals surface area contributed by atoms with E-state index in [1.165, 1.54) is 0 Å². The van der Waals surface area contributed by atoms with E-state index < -0.39 is 0 Å². The molecule has 0 unspecified atom stereocenters. The van der Waals surface area contributed by atoms with Gasteiger partial charge in [0, 0.05) is 61.3 Å². The van der Waals surface area contributed by atoms with Crippen molar-refractivity contribution in [1.82, 2.24) is 15.3 Å². The third-order valence-electron chi connectivity index (χ3n) is 6.36. The molecule has 1 spiro atoms. The lowest BCUT2D eigenvalue weighted by Gasteiger charge is -2.56. The maximum absolute atomic E-state index is 6.23. The van der Waals surface area contributed by atoms with E-state index in [4.69, 9.17) is 27.9 Å². The monoisotopic (exact) mass is 496 g/mol.